The Kier molecular flexibility index (Phi) is 7.66. The van der Waals surface area contributed by atoms with E-state index in [1.165, 1.54) is 0 Å². The highest BCUT2D eigenvalue weighted by molar-refractivity contribution is 7.69. The van der Waals surface area contributed by atoms with Gasteiger partial charge in [-0.25, -0.2) is 13.4 Å². The van der Waals surface area contributed by atoms with E-state index in [-0.39, 0.29) is 24.7 Å². The molecule has 31 heavy (non-hydrogen) atoms. The van der Waals surface area contributed by atoms with Crippen molar-refractivity contribution >= 4 is 28.5 Å². The number of rotatable bonds is 6. The van der Waals surface area contributed by atoms with Crippen LogP contribution in [0.3, 0.4) is 0 Å². The number of hydrogen-bond acceptors (Lipinski definition) is 7. The molecular formula is C21H34N6O3S. The van der Waals surface area contributed by atoms with Gasteiger partial charge in [0.05, 0.1) is 12.3 Å². The van der Waals surface area contributed by atoms with Crippen LogP contribution in [0.15, 0.2) is 16.6 Å². The van der Waals surface area contributed by atoms with E-state index in [9.17, 15) is 13.5 Å². The van der Waals surface area contributed by atoms with Crippen molar-refractivity contribution < 1.29 is 13.5 Å². The molecular weight excluding hydrogens is 416 g/mol. The fourth-order valence-electron chi connectivity index (χ4n) is 4.61. The van der Waals surface area contributed by atoms with E-state index in [0.717, 1.165) is 43.2 Å². The molecule has 2 bridgehead atoms. The van der Waals surface area contributed by atoms with Crippen molar-refractivity contribution in [2.24, 2.45) is 4.99 Å². The minimum absolute atomic E-state index is 0.0397. The molecule has 0 aliphatic carbocycles. The lowest BCUT2D eigenvalue weighted by atomic mass is 9.83. The van der Waals surface area contributed by atoms with E-state index in [1.54, 1.807) is 11.4 Å². The average molecular weight is 451 g/mol. The number of nitrogens with zero attached hydrogens (tertiary/aromatic N) is 5. The molecule has 0 radical (unpaired) electrons. The van der Waals surface area contributed by atoms with E-state index in [0.29, 0.717) is 23.3 Å². The zero-order valence-electron chi connectivity index (χ0n) is 19.0. The molecule has 2 saturated heterocycles. The van der Waals surface area contributed by atoms with Gasteiger partial charge < -0.3 is 15.3 Å². The molecule has 1 aromatic heterocycles. The third-order valence-corrected chi connectivity index (χ3v) is 7.29. The highest BCUT2D eigenvalue weighted by atomic mass is 32.2. The second-order valence-electron chi connectivity index (χ2n) is 8.65. The first-order valence-electron chi connectivity index (χ1n) is 10.8. The maximum Gasteiger partial charge on any atom is 0.227 e. The summed E-state index contributed by atoms with van der Waals surface area (Å²) in [4.78, 5) is 15.7. The lowest BCUT2D eigenvalue weighted by Crippen LogP contribution is -2.56. The Balaban J connectivity index is 1.89. The largest absolute Gasteiger partial charge is 0.390 e. The van der Waals surface area contributed by atoms with Crippen LogP contribution in [-0.2, 0) is 17.5 Å². The lowest BCUT2D eigenvalue weighted by Gasteiger charge is -2.47. The summed E-state index contributed by atoms with van der Waals surface area (Å²) in [6.45, 7) is 5.68. The minimum Gasteiger partial charge on any atom is -0.390 e. The third kappa shape index (κ3) is 5.24. The summed E-state index contributed by atoms with van der Waals surface area (Å²) in [5.41, 5.74) is 2.44. The van der Waals surface area contributed by atoms with E-state index in [2.05, 4.69) is 15.3 Å². The van der Waals surface area contributed by atoms with E-state index >= 15 is 0 Å². The smallest absolute Gasteiger partial charge is 0.227 e. The quantitative estimate of drug-likeness (QED) is 0.345. The van der Waals surface area contributed by atoms with Gasteiger partial charge in [-0.2, -0.15) is 9.29 Å². The molecule has 0 amide bonds. The highest BCUT2D eigenvalue weighted by Gasteiger charge is 2.41. The van der Waals surface area contributed by atoms with Crippen molar-refractivity contribution in [3.05, 3.63) is 22.9 Å². The maximum atomic E-state index is 11.8. The Hall–Kier alpha value is -2.04. The molecule has 172 valence electrons. The van der Waals surface area contributed by atoms with Crippen molar-refractivity contribution in [1.82, 2.24) is 14.3 Å². The zero-order chi connectivity index (χ0) is 22.7. The molecule has 3 rings (SSSR count). The third-order valence-electron chi connectivity index (χ3n) is 6.26. The molecule has 2 fully saturated rings. The van der Waals surface area contributed by atoms with Gasteiger partial charge in [-0.05, 0) is 52.5 Å². The second-order valence-corrected chi connectivity index (χ2v) is 9.59. The van der Waals surface area contributed by atoms with E-state index in [4.69, 9.17) is 4.98 Å². The maximum absolute atomic E-state index is 11.8. The van der Waals surface area contributed by atoms with Gasteiger partial charge in [0.1, 0.15) is 11.7 Å². The number of aliphatic imine (C=N–C) groups is 1. The number of aliphatic hydroxyl groups is 1. The Morgan fingerprint density at radius 2 is 1.94 bits per heavy atom. The molecule has 3 heterocycles. The molecule has 3 atom stereocenters. The molecule has 0 saturated carbocycles. The van der Waals surface area contributed by atoms with E-state index in [1.807, 2.05) is 38.8 Å². The van der Waals surface area contributed by atoms with Gasteiger partial charge in [-0.3, -0.25) is 4.99 Å². The van der Waals surface area contributed by atoms with Gasteiger partial charge >= 0.3 is 0 Å². The molecule has 2 N–H and O–H groups in total. The van der Waals surface area contributed by atoms with Gasteiger partial charge in [0, 0.05) is 37.8 Å². The monoisotopic (exact) mass is 450 g/mol. The number of piperidine rings is 2. The summed E-state index contributed by atoms with van der Waals surface area (Å²) < 4.78 is 25.2. The molecule has 10 heteroatoms. The van der Waals surface area contributed by atoms with Crippen molar-refractivity contribution in [1.29, 1.82) is 0 Å². The summed E-state index contributed by atoms with van der Waals surface area (Å²) in [5.74, 6) is 1.81. The summed E-state index contributed by atoms with van der Waals surface area (Å²) in [7, 11) is 1.11. The molecule has 2 aliphatic rings. The van der Waals surface area contributed by atoms with Crippen LogP contribution in [0.1, 0.15) is 57.2 Å². The zero-order valence-corrected chi connectivity index (χ0v) is 19.9. The first-order valence-corrected chi connectivity index (χ1v) is 11.9. The fourth-order valence-corrected chi connectivity index (χ4v) is 5.56. The number of nitrogens with one attached hydrogen (secondary N) is 1. The molecule has 0 spiro atoms. The lowest BCUT2D eigenvalue weighted by molar-refractivity contribution is 0.113. The predicted molar refractivity (Wildman–Crippen MR) is 124 cm³/mol. The predicted octanol–water partition coefficient (Wildman–Crippen LogP) is 2.03. The van der Waals surface area contributed by atoms with Crippen LogP contribution in [0.2, 0.25) is 0 Å². The van der Waals surface area contributed by atoms with Gasteiger partial charge in [0.25, 0.3) is 0 Å². The molecule has 0 unspecified atom stereocenters. The average Bonchev–Trinajstić information content (AvgIpc) is 2.72. The fraction of sp³-hybridized carbons (Fsp3) is 0.667. The Morgan fingerprint density at radius 3 is 2.45 bits per heavy atom. The Morgan fingerprint density at radius 1 is 1.29 bits per heavy atom. The second kappa shape index (κ2) is 10.1. The van der Waals surface area contributed by atoms with Crippen LogP contribution >= 0.6 is 0 Å². The SMILES string of the molecule is C/N=C(\C=C(C)C)Nc1nc(N(C)[C@@H]2C[C@H]3CCC[C@@H](C2)N3[SH](=O)=O)nc(CO)c1C. The van der Waals surface area contributed by atoms with Crippen LogP contribution < -0.4 is 10.2 Å². The Labute approximate surface area is 186 Å². The number of fused-ring (bicyclic) bond motifs is 2. The number of amidine groups is 1. The first-order chi connectivity index (χ1) is 14.7. The van der Waals surface area contributed by atoms with Crippen molar-refractivity contribution in [3.8, 4) is 0 Å². The number of aliphatic hydroxyl groups excluding tert-OH is 1. The molecule has 9 nitrogen and oxygen atoms in total. The number of aromatic nitrogens is 2. The van der Waals surface area contributed by atoms with Crippen molar-refractivity contribution in [3.63, 3.8) is 0 Å². The van der Waals surface area contributed by atoms with Crippen molar-refractivity contribution in [2.75, 3.05) is 24.3 Å². The normalized spacial score (nSPS) is 24.2. The number of hydrogen-bond donors (Lipinski definition) is 3. The first kappa shape index (κ1) is 23.6. The number of allylic oxidation sites excluding steroid dienone is 1. The standard InChI is InChI=1S/C21H34N6O3S/c1-13(2)9-19(22-4)24-20-14(3)18(12-28)23-21(25-20)26(5)17-10-15-7-6-8-16(11-17)27(15)31(29)30/h9,15-17,28,31H,6-8,10-12H2,1-5H3,(H,22,23,24,25)/t15-,16+,17-. The molecule has 1 aromatic rings. The van der Waals surface area contributed by atoms with Crippen LogP contribution in [0.25, 0.3) is 0 Å². The highest BCUT2D eigenvalue weighted by Crippen LogP contribution is 2.36. The summed E-state index contributed by atoms with van der Waals surface area (Å²) >= 11 is 0. The summed E-state index contributed by atoms with van der Waals surface area (Å²) in [5, 5.41) is 13.1. The summed E-state index contributed by atoms with van der Waals surface area (Å²) in [6, 6.07) is 0.219. The van der Waals surface area contributed by atoms with Gasteiger partial charge in [0.2, 0.25) is 16.8 Å². The number of thiol groups is 1. The van der Waals surface area contributed by atoms with Gasteiger partial charge in [-0.1, -0.05) is 12.0 Å². The summed E-state index contributed by atoms with van der Waals surface area (Å²) in [6.07, 6.45) is 6.30. The van der Waals surface area contributed by atoms with Crippen LogP contribution in [0.4, 0.5) is 11.8 Å². The van der Waals surface area contributed by atoms with Crippen LogP contribution in [0, 0.1) is 6.92 Å². The molecule has 2 aliphatic heterocycles. The van der Waals surface area contributed by atoms with Crippen LogP contribution in [0.5, 0.6) is 0 Å². The van der Waals surface area contributed by atoms with E-state index < -0.39 is 10.9 Å². The van der Waals surface area contributed by atoms with Gasteiger partial charge in [0.15, 0.2) is 0 Å². The van der Waals surface area contributed by atoms with Crippen LogP contribution in [-0.4, -0.2) is 65.9 Å². The Bertz CT molecular complexity index is 919. The van der Waals surface area contributed by atoms with Gasteiger partial charge in [-0.15, -0.1) is 0 Å². The number of anilines is 2. The van der Waals surface area contributed by atoms with Crippen molar-refractivity contribution in [2.45, 2.75) is 77.6 Å². The minimum atomic E-state index is -2.56. The molecule has 0 aromatic carbocycles. The topological polar surface area (TPSA) is 111 Å².